The maximum Gasteiger partial charge on any atom is 0.243 e. The molecular weight excluding hydrogens is 412 g/mol. The van der Waals surface area contributed by atoms with Crippen LogP contribution in [0, 0.1) is 0 Å². The van der Waals surface area contributed by atoms with Crippen LogP contribution in [0.1, 0.15) is 39.8 Å². The van der Waals surface area contributed by atoms with Crippen molar-refractivity contribution in [2.24, 2.45) is 7.05 Å². The summed E-state index contributed by atoms with van der Waals surface area (Å²) < 4.78 is 29.4. The predicted octanol–water partition coefficient (Wildman–Crippen LogP) is 3.91. The molecule has 3 rings (SSSR count). The van der Waals surface area contributed by atoms with Crippen molar-refractivity contribution in [2.45, 2.75) is 44.4 Å². The minimum absolute atomic E-state index is 0.158. The molecule has 0 fully saturated rings. The van der Waals surface area contributed by atoms with Crippen molar-refractivity contribution in [1.29, 1.82) is 0 Å². The van der Waals surface area contributed by atoms with Crippen LogP contribution in [0.4, 0.5) is 5.82 Å². The minimum atomic E-state index is -3.82. The Kier molecular flexibility index (Phi) is 6.52. The van der Waals surface area contributed by atoms with Crippen molar-refractivity contribution in [3.05, 3.63) is 54.2 Å². The molecule has 2 aromatic carbocycles. The Bertz CT molecular complexity index is 1190. The number of anilines is 1. The number of rotatable bonds is 7. The number of hydrogen-bond donors (Lipinski definition) is 1. The van der Waals surface area contributed by atoms with Crippen molar-refractivity contribution < 1.29 is 13.2 Å². The molecule has 0 bridgehead atoms. The van der Waals surface area contributed by atoms with Gasteiger partial charge in [-0.25, -0.2) is 8.42 Å². The van der Waals surface area contributed by atoms with E-state index >= 15 is 0 Å². The van der Waals surface area contributed by atoms with Gasteiger partial charge in [0.1, 0.15) is 5.82 Å². The molecule has 7 nitrogen and oxygen atoms in total. The number of aryl methyl sites for hydroxylation is 1. The van der Waals surface area contributed by atoms with Crippen molar-refractivity contribution in [2.75, 3.05) is 18.4 Å². The highest BCUT2D eigenvalue weighted by atomic mass is 32.2. The maximum absolute atomic E-state index is 13.3. The van der Waals surface area contributed by atoms with Gasteiger partial charge >= 0.3 is 0 Å². The molecule has 0 aliphatic carbocycles. The molecule has 1 N–H and O–H groups in total. The number of amides is 1. The van der Waals surface area contributed by atoms with Crippen molar-refractivity contribution in [1.82, 2.24) is 14.1 Å². The van der Waals surface area contributed by atoms with E-state index in [1.54, 1.807) is 29.9 Å². The van der Waals surface area contributed by atoms with Crippen LogP contribution in [0.3, 0.4) is 0 Å². The summed E-state index contributed by atoms with van der Waals surface area (Å²) in [6.07, 6.45) is 0.597. The Labute approximate surface area is 184 Å². The molecule has 166 valence electrons. The SMILES string of the molecule is CCCN(CC(=O)Nc1cc(C(C)(C)C)nn1C)S(=O)(=O)c1ccc2ccccc2c1. The highest BCUT2D eigenvalue weighted by Crippen LogP contribution is 2.24. The summed E-state index contributed by atoms with van der Waals surface area (Å²) >= 11 is 0. The van der Waals surface area contributed by atoms with Gasteiger partial charge in [-0.05, 0) is 29.3 Å². The quantitative estimate of drug-likeness (QED) is 0.601. The third-order valence-electron chi connectivity index (χ3n) is 5.07. The first kappa shape index (κ1) is 23.0. The molecule has 0 aliphatic heterocycles. The van der Waals surface area contributed by atoms with Gasteiger partial charge in [0.15, 0.2) is 0 Å². The molecule has 8 heteroatoms. The molecular formula is C23H30N4O3S. The molecule has 0 saturated heterocycles. The number of aromatic nitrogens is 2. The smallest absolute Gasteiger partial charge is 0.243 e. The number of carbonyl (C=O) groups is 1. The maximum atomic E-state index is 13.3. The van der Waals surface area contributed by atoms with Crippen molar-refractivity contribution in [3.63, 3.8) is 0 Å². The molecule has 0 unspecified atom stereocenters. The number of carbonyl (C=O) groups excluding carboxylic acids is 1. The summed E-state index contributed by atoms with van der Waals surface area (Å²) in [4.78, 5) is 12.9. The molecule has 0 saturated carbocycles. The number of nitrogens with one attached hydrogen (secondary N) is 1. The van der Waals surface area contributed by atoms with Gasteiger partial charge in [0, 0.05) is 25.1 Å². The first-order chi connectivity index (χ1) is 14.5. The predicted molar refractivity (Wildman–Crippen MR) is 124 cm³/mol. The van der Waals surface area contributed by atoms with Gasteiger partial charge in [0.05, 0.1) is 17.1 Å². The van der Waals surface area contributed by atoms with E-state index in [9.17, 15) is 13.2 Å². The highest BCUT2D eigenvalue weighted by molar-refractivity contribution is 7.89. The Morgan fingerprint density at radius 3 is 2.39 bits per heavy atom. The fourth-order valence-electron chi connectivity index (χ4n) is 3.30. The summed E-state index contributed by atoms with van der Waals surface area (Å²) in [6, 6.07) is 14.4. The average Bonchev–Trinajstić information content (AvgIpc) is 3.08. The topological polar surface area (TPSA) is 84.3 Å². The van der Waals surface area contributed by atoms with Gasteiger partial charge in [-0.2, -0.15) is 9.40 Å². The number of benzene rings is 2. The van der Waals surface area contributed by atoms with Crippen LogP contribution in [0.2, 0.25) is 0 Å². The number of sulfonamides is 1. The normalized spacial score (nSPS) is 12.5. The zero-order valence-electron chi connectivity index (χ0n) is 18.7. The van der Waals surface area contributed by atoms with Gasteiger partial charge in [-0.3, -0.25) is 9.48 Å². The molecule has 1 amide bonds. The van der Waals surface area contributed by atoms with Gasteiger partial charge in [0.2, 0.25) is 15.9 Å². The van der Waals surface area contributed by atoms with E-state index in [1.807, 2.05) is 58.0 Å². The lowest BCUT2D eigenvalue weighted by Gasteiger charge is -2.21. The second-order valence-corrected chi connectivity index (χ2v) is 10.6. The number of hydrogen-bond acceptors (Lipinski definition) is 4. The lowest BCUT2D eigenvalue weighted by atomic mass is 9.92. The lowest BCUT2D eigenvalue weighted by molar-refractivity contribution is -0.116. The largest absolute Gasteiger partial charge is 0.310 e. The van der Waals surface area contributed by atoms with E-state index in [0.717, 1.165) is 16.5 Å². The zero-order valence-corrected chi connectivity index (χ0v) is 19.5. The van der Waals surface area contributed by atoms with Crippen LogP contribution in [-0.2, 0) is 27.3 Å². The minimum Gasteiger partial charge on any atom is -0.310 e. The fourth-order valence-corrected chi connectivity index (χ4v) is 4.83. The third-order valence-corrected chi connectivity index (χ3v) is 6.91. The van der Waals surface area contributed by atoms with Crippen LogP contribution in [0.5, 0.6) is 0 Å². The Balaban J connectivity index is 1.82. The molecule has 0 spiro atoms. The van der Waals surface area contributed by atoms with Gasteiger partial charge in [-0.1, -0.05) is 58.0 Å². The summed E-state index contributed by atoms with van der Waals surface area (Å²) in [7, 11) is -2.07. The monoisotopic (exact) mass is 442 g/mol. The first-order valence-electron chi connectivity index (χ1n) is 10.4. The van der Waals surface area contributed by atoms with E-state index in [4.69, 9.17) is 0 Å². The van der Waals surface area contributed by atoms with Crippen LogP contribution < -0.4 is 5.32 Å². The van der Waals surface area contributed by atoms with Gasteiger partial charge in [0.25, 0.3) is 0 Å². The lowest BCUT2D eigenvalue weighted by Crippen LogP contribution is -2.38. The molecule has 3 aromatic rings. The van der Waals surface area contributed by atoms with Crippen LogP contribution >= 0.6 is 0 Å². The summed E-state index contributed by atoms with van der Waals surface area (Å²) in [5.74, 6) is 0.135. The van der Waals surface area contributed by atoms with E-state index in [1.165, 1.54) is 4.31 Å². The van der Waals surface area contributed by atoms with E-state index in [0.29, 0.717) is 12.2 Å². The molecule has 0 aliphatic rings. The Morgan fingerprint density at radius 1 is 1.10 bits per heavy atom. The Hall–Kier alpha value is -2.71. The second kappa shape index (κ2) is 8.80. The second-order valence-electron chi connectivity index (χ2n) is 8.68. The number of fused-ring (bicyclic) bond motifs is 1. The molecule has 31 heavy (non-hydrogen) atoms. The molecule has 0 atom stereocenters. The zero-order chi connectivity index (χ0) is 22.8. The van der Waals surface area contributed by atoms with Crippen molar-refractivity contribution >= 4 is 32.5 Å². The first-order valence-corrected chi connectivity index (χ1v) is 11.8. The summed E-state index contributed by atoms with van der Waals surface area (Å²) in [5.41, 5.74) is 0.688. The van der Waals surface area contributed by atoms with E-state index < -0.39 is 15.9 Å². The molecule has 1 aromatic heterocycles. The highest BCUT2D eigenvalue weighted by Gasteiger charge is 2.27. The summed E-state index contributed by atoms with van der Waals surface area (Å²) in [5, 5.41) is 9.05. The van der Waals surface area contributed by atoms with Crippen molar-refractivity contribution in [3.8, 4) is 0 Å². The number of nitrogens with zero attached hydrogens (tertiary/aromatic N) is 3. The third kappa shape index (κ3) is 5.14. The molecule has 0 radical (unpaired) electrons. The van der Waals surface area contributed by atoms with E-state index in [2.05, 4.69) is 10.4 Å². The van der Waals surface area contributed by atoms with Gasteiger partial charge in [-0.15, -0.1) is 0 Å². The average molecular weight is 443 g/mol. The standard InChI is InChI=1S/C23H30N4O3S/c1-6-13-27(16-22(28)24-21-15-20(23(2,3)4)25-26(21)5)31(29,30)19-12-11-17-9-7-8-10-18(17)14-19/h7-12,14-15H,6,13,16H2,1-5H3,(H,24,28). The Morgan fingerprint density at radius 2 is 1.77 bits per heavy atom. The van der Waals surface area contributed by atoms with E-state index in [-0.39, 0.29) is 23.4 Å². The van der Waals surface area contributed by atoms with Crippen LogP contribution in [-0.4, -0.2) is 41.5 Å². The van der Waals surface area contributed by atoms with Crippen LogP contribution in [0.25, 0.3) is 10.8 Å². The summed E-state index contributed by atoms with van der Waals surface area (Å²) in [6.45, 7) is 8.00. The van der Waals surface area contributed by atoms with Crippen LogP contribution in [0.15, 0.2) is 53.4 Å². The fraction of sp³-hybridized carbons (Fsp3) is 0.391. The van der Waals surface area contributed by atoms with Gasteiger partial charge < -0.3 is 5.32 Å². The molecule has 1 heterocycles.